The van der Waals surface area contributed by atoms with Crippen molar-refractivity contribution in [2.75, 3.05) is 33.4 Å². The minimum absolute atomic E-state index is 0.156. The van der Waals surface area contributed by atoms with E-state index in [9.17, 15) is 4.79 Å². The summed E-state index contributed by atoms with van der Waals surface area (Å²) in [7, 11) is 1.44. The Morgan fingerprint density at radius 1 is 1.41 bits per heavy atom. The summed E-state index contributed by atoms with van der Waals surface area (Å²) >= 11 is 0. The molecule has 1 fully saturated rings. The van der Waals surface area contributed by atoms with Crippen LogP contribution < -0.4 is 5.32 Å². The Hall–Kier alpha value is -0.610. The molecule has 1 aliphatic heterocycles. The minimum atomic E-state index is -0.440. The van der Waals surface area contributed by atoms with Crippen molar-refractivity contribution in [2.24, 2.45) is 11.3 Å². The molecule has 0 radical (unpaired) electrons. The summed E-state index contributed by atoms with van der Waals surface area (Å²) in [6.45, 7) is 7.24. The van der Waals surface area contributed by atoms with Gasteiger partial charge < -0.3 is 14.8 Å². The highest BCUT2D eigenvalue weighted by molar-refractivity contribution is 5.76. The van der Waals surface area contributed by atoms with Crippen LogP contribution in [0.1, 0.15) is 33.1 Å². The first-order chi connectivity index (χ1) is 8.06. The van der Waals surface area contributed by atoms with E-state index in [2.05, 4.69) is 5.32 Å². The predicted octanol–water partition coefficient (Wildman–Crippen LogP) is 1.59. The third kappa shape index (κ3) is 5.04. The normalized spacial score (nSPS) is 18.1. The Bertz CT molecular complexity index is 235. The lowest BCUT2D eigenvalue weighted by Gasteiger charge is -2.24. The van der Waals surface area contributed by atoms with Gasteiger partial charge in [0.1, 0.15) is 0 Å². The van der Waals surface area contributed by atoms with Gasteiger partial charge in [0, 0.05) is 19.8 Å². The summed E-state index contributed by atoms with van der Waals surface area (Å²) in [5.41, 5.74) is -0.440. The Morgan fingerprint density at radius 3 is 2.65 bits per heavy atom. The van der Waals surface area contributed by atoms with Gasteiger partial charge in [-0.05, 0) is 45.6 Å². The van der Waals surface area contributed by atoms with Crippen LogP contribution in [0.5, 0.6) is 0 Å². The first kappa shape index (κ1) is 14.5. The maximum atomic E-state index is 11.5. The van der Waals surface area contributed by atoms with Crippen LogP contribution in [0.2, 0.25) is 0 Å². The fraction of sp³-hybridized carbons (Fsp3) is 0.923. The molecule has 0 saturated carbocycles. The number of ether oxygens (including phenoxy) is 2. The molecular formula is C13H25NO3. The molecule has 0 unspecified atom stereocenters. The van der Waals surface area contributed by atoms with E-state index in [0.29, 0.717) is 6.54 Å². The van der Waals surface area contributed by atoms with Gasteiger partial charge >= 0.3 is 5.97 Å². The van der Waals surface area contributed by atoms with E-state index < -0.39 is 5.41 Å². The molecule has 0 aliphatic carbocycles. The second-order valence-corrected chi connectivity index (χ2v) is 5.40. The van der Waals surface area contributed by atoms with Gasteiger partial charge in [0.15, 0.2) is 0 Å². The van der Waals surface area contributed by atoms with Crippen LogP contribution in [-0.4, -0.2) is 39.4 Å². The Kier molecular flexibility index (Phi) is 5.92. The van der Waals surface area contributed by atoms with Gasteiger partial charge in [-0.25, -0.2) is 0 Å². The number of carbonyl (C=O) groups excluding carboxylic acids is 1. The highest BCUT2D eigenvalue weighted by atomic mass is 16.5. The van der Waals surface area contributed by atoms with E-state index in [1.807, 2.05) is 13.8 Å². The number of esters is 1. The van der Waals surface area contributed by atoms with Crippen molar-refractivity contribution in [1.29, 1.82) is 0 Å². The van der Waals surface area contributed by atoms with Gasteiger partial charge in [-0.3, -0.25) is 4.79 Å². The lowest BCUT2D eigenvalue weighted by atomic mass is 9.93. The summed E-state index contributed by atoms with van der Waals surface area (Å²) in [6, 6.07) is 0. The van der Waals surface area contributed by atoms with Gasteiger partial charge in [0.05, 0.1) is 12.5 Å². The van der Waals surface area contributed by atoms with Gasteiger partial charge in [-0.15, -0.1) is 0 Å². The quantitative estimate of drug-likeness (QED) is 0.568. The standard InChI is InChI=1S/C13H25NO3/c1-13(2,12(15)16-3)10-14-7-4-11-5-8-17-9-6-11/h11,14H,4-10H2,1-3H3. The molecule has 0 aromatic rings. The zero-order valence-corrected chi connectivity index (χ0v) is 11.3. The molecular weight excluding hydrogens is 218 g/mol. The van der Waals surface area contributed by atoms with Crippen LogP contribution in [-0.2, 0) is 14.3 Å². The molecule has 0 spiro atoms. The third-order valence-electron chi connectivity index (χ3n) is 3.38. The van der Waals surface area contributed by atoms with Crippen LogP contribution in [0.3, 0.4) is 0 Å². The molecule has 1 saturated heterocycles. The minimum Gasteiger partial charge on any atom is -0.469 e. The average Bonchev–Trinajstić information content (AvgIpc) is 2.35. The van der Waals surface area contributed by atoms with Crippen molar-refractivity contribution in [3.63, 3.8) is 0 Å². The molecule has 17 heavy (non-hydrogen) atoms. The second-order valence-electron chi connectivity index (χ2n) is 5.40. The van der Waals surface area contributed by atoms with Crippen molar-refractivity contribution in [3.05, 3.63) is 0 Å². The molecule has 0 bridgehead atoms. The Labute approximate surface area is 104 Å². The maximum absolute atomic E-state index is 11.5. The van der Waals surface area contributed by atoms with Crippen LogP contribution in [0.15, 0.2) is 0 Å². The molecule has 1 rings (SSSR count). The molecule has 1 aliphatic rings. The molecule has 4 heteroatoms. The maximum Gasteiger partial charge on any atom is 0.312 e. The van der Waals surface area contributed by atoms with Crippen LogP contribution in [0.25, 0.3) is 0 Å². The molecule has 1 heterocycles. The molecule has 4 nitrogen and oxygen atoms in total. The fourth-order valence-corrected chi connectivity index (χ4v) is 2.09. The molecule has 1 N–H and O–H groups in total. The van der Waals surface area contributed by atoms with Crippen molar-refractivity contribution < 1.29 is 14.3 Å². The first-order valence-electron chi connectivity index (χ1n) is 6.43. The summed E-state index contributed by atoms with van der Waals surface area (Å²) in [5, 5.41) is 3.35. The van der Waals surface area contributed by atoms with E-state index >= 15 is 0 Å². The van der Waals surface area contributed by atoms with Crippen molar-refractivity contribution in [1.82, 2.24) is 5.32 Å². The van der Waals surface area contributed by atoms with E-state index in [1.54, 1.807) is 0 Å². The smallest absolute Gasteiger partial charge is 0.312 e. The number of nitrogens with one attached hydrogen (secondary N) is 1. The highest BCUT2D eigenvalue weighted by Crippen LogP contribution is 2.18. The van der Waals surface area contributed by atoms with E-state index in [-0.39, 0.29) is 5.97 Å². The monoisotopic (exact) mass is 243 g/mol. The number of rotatable bonds is 6. The van der Waals surface area contributed by atoms with Crippen molar-refractivity contribution in [2.45, 2.75) is 33.1 Å². The van der Waals surface area contributed by atoms with E-state index in [4.69, 9.17) is 9.47 Å². The number of methoxy groups -OCH3 is 1. The molecule has 0 aromatic heterocycles. The first-order valence-corrected chi connectivity index (χ1v) is 6.43. The summed E-state index contributed by atoms with van der Waals surface area (Å²) in [5.74, 6) is 0.619. The number of carbonyl (C=O) groups is 1. The highest BCUT2D eigenvalue weighted by Gasteiger charge is 2.28. The molecule has 0 atom stereocenters. The van der Waals surface area contributed by atoms with Crippen LogP contribution in [0, 0.1) is 11.3 Å². The summed E-state index contributed by atoms with van der Waals surface area (Å²) in [6.07, 6.45) is 3.50. The third-order valence-corrected chi connectivity index (χ3v) is 3.38. The van der Waals surface area contributed by atoms with Crippen molar-refractivity contribution >= 4 is 5.97 Å². The molecule has 0 amide bonds. The summed E-state index contributed by atoms with van der Waals surface area (Å²) in [4.78, 5) is 11.5. The lowest BCUT2D eigenvalue weighted by molar-refractivity contribution is -0.150. The number of hydrogen-bond donors (Lipinski definition) is 1. The zero-order chi connectivity index (χ0) is 12.7. The number of hydrogen-bond acceptors (Lipinski definition) is 4. The summed E-state index contributed by atoms with van der Waals surface area (Å²) < 4.78 is 10.1. The van der Waals surface area contributed by atoms with Gasteiger partial charge in [-0.2, -0.15) is 0 Å². The molecule has 0 aromatic carbocycles. The van der Waals surface area contributed by atoms with Crippen LogP contribution in [0.4, 0.5) is 0 Å². The topological polar surface area (TPSA) is 47.6 Å². The van der Waals surface area contributed by atoms with E-state index in [1.165, 1.54) is 26.4 Å². The predicted molar refractivity (Wildman–Crippen MR) is 66.8 cm³/mol. The van der Waals surface area contributed by atoms with Crippen molar-refractivity contribution in [3.8, 4) is 0 Å². The zero-order valence-electron chi connectivity index (χ0n) is 11.3. The van der Waals surface area contributed by atoms with Crippen LogP contribution >= 0.6 is 0 Å². The van der Waals surface area contributed by atoms with Gasteiger partial charge in [0.2, 0.25) is 0 Å². The Balaban J connectivity index is 2.12. The molecule has 100 valence electrons. The van der Waals surface area contributed by atoms with E-state index in [0.717, 1.165) is 25.7 Å². The SMILES string of the molecule is COC(=O)C(C)(C)CNCCC1CCOCC1. The Morgan fingerprint density at radius 2 is 2.06 bits per heavy atom. The van der Waals surface area contributed by atoms with Gasteiger partial charge in [-0.1, -0.05) is 0 Å². The largest absolute Gasteiger partial charge is 0.469 e. The van der Waals surface area contributed by atoms with Gasteiger partial charge in [0.25, 0.3) is 0 Å². The average molecular weight is 243 g/mol. The lowest BCUT2D eigenvalue weighted by Crippen LogP contribution is -2.37. The second kappa shape index (κ2) is 6.97. The fourth-order valence-electron chi connectivity index (χ4n) is 2.09.